The highest BCUT2D eigenvalue weighted by Gasteiger charge is 2.45. The third kappa shape index (κ3) is 3.28. The Morgan fingerprint density at radius 1 is 1.32 bits per heavy atom. The minimum absolute atomic E-state index is 0.0568. The molecule has 1 unspecified atom stereocenters. The van der Waals surface area contributed by atoms with Crippen LogP contribution in [0, 0.1) is 11.3 Å². The summed E-state index contributed by atoms with van der Waals surface area (Å²) in [6, 6.07) is 7.34. The molecule has 25 heavy (non-hydrogen) atoms. The van der Waals surface area contributed by atoms with E-state index in [0.717, 1.165) is 17.7 Å². The first-order valence-electron chi connectivity index (χ1n) is 8.38. The lowest BCUT2D eigenvalue weighted by Crippen LogP contribution is -2.39. The summed E-state index contributed by atoms with van der Waals surface area (Å²) in [5.41, 5.74) is 2.83. The molecule has 0 spiro atoms. The van der Waals surface area contributed by atoms with E-state index in [9.17, 15) is 9.59 Å². The minimum Gasteiger partial charge on any atom is -0.468 e. The van der Waals surface area contributed by atoms with E-state index in [1.54, 1.807) is 6.07 Å². The number of Topliss-reactive ketones (excluding diaryl/α,β-unsaturated/α-hetero) is 1. The van der Waals surface area contributed by atoms with Crippen molar-refractivity contribution in [1.29, 1.82) is 0 Å². The zero-order valence-corrected chi connectivity index (χ0v) is 15.7. The first kappa shape index (κ1) is 17.9. The van der Waals surface area contributed by atoms with Crippen LogP contribution in [0.4, 0.5) is 0 Å². The average Bonchev–Trinajstić information content (AvgIpc) is 2.51. The maximum absolute atomic E-state index is 13.0. The van der Waals surface area contributed by atoms with Gasteiger partial charge in [-0.2, -0.15) is 0 Å². The molecule has 1 aromatic rings. The maximum atomic E-state index is 13.0. The molecule has 5 heteroatoms. The zero-order chi connectivity index (χ0) is 18.4. The number of carbonyl (C=O) groups is 2. The van der Waals surface area contributed by atoms with Crippen LogP contribution in [0.25, 0.3) is 0 Å². The maximum Gasteiger partial charge on any atom is 0.315 e. The molecule has 1 heterocycles. The highest BCUT2D eigenvalue weighted by molar-refractivity contribution is 6.30. The van der Waals surface area contributed by atoms with E-state index >= 15 is 0 Å². The third-order valence-electron chi connectivity index (χ3n) is 4.97. The second-order valence-electron chi connectivity index (χ2n) is 7.59. The Labute approximate surface area is 152 Å². The smallest absolute Gasteiger partial charge is 0.315 e. The number of aliphatic imine (C=N–C) groups is 1. The molecule has 1 aromatic carbocycles. The van der Waals surface area contributed by atoms with Gasteiger partial charge >= 0.3 is 5.97 Å². The van der Waals surface area contributed by atoms with Crippen molar-refractivity contribution in [2.75, 3.05) is 7.11 Å². The Hall–Kier alpha value is -1.94. The number of carbonyl (C=O) groups excluding carboxylic acids is 2. The molecular weight excluding hydrogens is 338 g/mol. The van der Waals surface area contributed by atoms with Crippen LogP contribution in [0.15, 0.2) is 40.5 Å². The van der Waals surface area contributed by atoms with Gasteiger partial charge in [0.05, 0.1) is 7.11 Å². The lowest BCUT2D eigenvalue weighted by Gasteiger charge is -2.38. The Balaban J connectivity index is 2.21. The number of benzene rings is 1. The van der Waals surface area contributed by atoms with Crippen LogP contribution in [0.5, 0.6) is 0 Å². The van der Waals surface area contributed by atoms with Crippen molar-refractivity contribution in [3.63, 3.8) is 0 Å². The van der Waals surface area contributed by atoms with Crippen molar-refractivity contribution in [2.24, 2.45) is 16.3 Å². The van der Waals surface area contributed by atoms with E-state index in [0.29, 0.717) is 22.7 Å². The molecule has 1 aliphatic carbocycles. The highest BCUT2D eigenvalue weighted by Crippen LogP contribution is 2.48. The van der Waals surface area contributed by atoms with Gasteiger partial charge in [0.25, 0.3) is 0 Å². The van der Waals surface area contributed by atoms with E-state index in [2.05, 4.69) is 18.8 Å². The number of nitrogens with zero attached hydrogens (tertiary/aromatic N) is 1. The molecule has 0 radical (unpaired) electrons. The number of methoxy groups -OCH3 is 1. The van der Waals surface area contributed by atoms with Crippen LogP contribution >= 0.6 is 11.6 Å². The summed E-state index contributed by atoms with van der Waals surface area (Å²) in [5, 5.41) is 0.576. The van der Waals surface area contributed by atoms with E-state index in [1.807, 2.05) is 25.1 Å². The van der Waals surface area contributed by atoms with Crippen LogP contribution in [0.1, 0.15) is 45.1 Å². The normalized spacial score (nSPS) is 25.3. The number of ketones is 1. The lowest BCUT2D eigenvalue weighted by atomic mass is 9.67. The molecule has 0 amide bonds. The fourth-order valence-electron chi connectivity index (χ4n) is 3.94. The fourth-order valence-corrected chi connectivity index (χ4v) is 4.14. The van der Waals surface area contributed by atoms with Gasteiger partial charge in [-0.3, -0.25) is 14.6 Å². The minimum atomic E-state index is -0.604. The van der Waals surface area contributed by atoms with Crippen molar-refractivity contribution in [2.45, 2.75) is 39.5 Å². The Bertz CT molecular complexity index is 807. The molecule has 0 saturated carbocycles. The molecule has 4 nitrogen and oxygen atoms in total. The zero-order valence-electron chi connectivity index (χ0n) is 14.9. The van der Waals surface area contributed by atoms with Crippen LogP contribution in [0.3, 0.4) is 0 Å². The van der Waals surface area contributed by atoms with Crippen molar-refractivity contribution >= 4 is 29.1 Å². The Morgan fingerprint density at radius 3 is 2.68 bits per heavy atom. The van der Waals surface area contributed by atoms with Crippen LogP contribution in [0.2, 0.25) is 5.02 Å². The molecule has 2 atom stereocenters. The first-order valence-corrected chi connectivity index (χ1v) is 8.76. The van der Waals surface area contributed by atoms with E-state index in [1.165, 1.54) is 7.11 Å². The number of ether oxygens (including phenoxy) is 1. The summed E-state index contributed by atoms with van der Waals surface area (Å²) in [6.07, 6.45) is 1.17. The predicted octanol–water partition coefficient (Wildman–Crippen LogP) is 4.33. The number of hydrogen-bond acceptors (Lipinski definition) is 4. The number of allylic oxidation sites excluding steroid dienone is 2. The monoisotopic (exact) mass is 359 g/mol. The van der Waals surface area contributed by atoms with Crippen molar-refractivity contribution in [1.82, 2.24) is 0 Å². The molecule has 2 aliphatic rings. The van der Waals surface area contributed by atoms with E-state index in [4.69, 9.17) is 16.3 Å². The van der Waals surface area contributed by atoms with Gasteiger partial charge in [0, 0.05) is 34.3 Å². The predicted molar refractivity (Wildman–Crippen MR) is 97.9 cm³/mol. The van der Waals surface area contributed by atoms with Crippen molar-refractivity contribution in [3.8, 4) is 0 Å². The summed E-state index contributed by atoms with van der Waals surface area (Å²) in [5.74, 6) is -1.33. The summed E-state index contributed by atoms with van der Waals surface area (Å²) in [6.45, 7) is 5.97. The van der Waals surface area contributed by atoms with Gasteiger partial charge in [0.15, 0.2) is 5.78 Å². The largest absolute Gasteiger partial charge is 0.468 e. The molecule has 132 valence electrons. The molecule has 1 aliphatic heterocycles. The SMILES string of the molecule is COC(=O)C1C(C)=NC2=C(C(=O)CC(C)(C)C2)[C@H]1c1cccc(Cl)c1. The quantitative estimate of drug-likeness (QED) is 0.738. The van der Waals surface area contributed by atoms with E-state index in [-0.39, 0.29) is 17.2 Å². The number of halogens is 1. The molecular formula is C20H22ClNO3. The summed E-state index contributed by atoms with van der Waals surface area (Å²) in [4.78, 5) is 30.1. The second kappa shape index (κ2) is 6.41. The van der Waals surface area contributed by atoms with Gasteiger partial charge in [0.2, 0.25) is 0 Å². The average molecular weight is 360 g/mol. The molecule has 0 N–H and O–H groups in total. The first-order chi connectivity index (χ1) is 11.7. The molecule has 0 bridgehead atoms. The third-order valence-corrected chi connectivity index (χ3v) is 5.20. The molecule has 0 saturated heterocycles. The molecule has 0 aromatic heterocycles. The van der Waals surface area contributed by atoms with Gasteiger partial charge in [-0.25, -0.2) is 0 Å². The standard InChI is InChI=1S/C20H22ClNO3/c1-11-16(19(24)25-4)17(12-6-5-7-13(21)8-12)18-14(22-11)9-20(2,3)10-15(18)23/h5-8,16-17H,9-10H2,1-4H3/t16?,17-/m0/s1. The van der Waals surface area contributed by atoms with Gasteiger partial charge in [-0.1, -0.05) is 37.6 Å². The highest BCUT2D eigenvalue weighted by atomic mass is 35.5. The lowest BCUT2D eigenvalue weighted by molar-refractivity contribution is -0.143. The Morgan fingerprint density at radius 2 is 2.04 bits per heavy atom. The number of esters is 1. The van der Waals surface area contributed by atoms with Gasteiger partial charge in [0.1, 0.15) is 5.92 Å². The second-order valence-corrected chi connectivity index (χ2v) is 8.02. The van der Waals surface area contributed by atoms with Crippen molar-refractivity contribution < 1.29 is 14.3 Å². The molecule has 0 fully saturated rings. The van der Waals surface area contributed by atoms with Crippen LogP contribution in [-0.2, 0) is 14.3 Å². The Kier molecular flexibility index (Phi) is 4.58. The van der Waals surface area contributed by atoms with Gasteiger partial charge < -0.3 is 4.74 Å². The topological polar surface area (TPSA) is 55.7 Å². The summed E-state index contributed by atoms with van der Waals surface area (Å²) in [7, 11) is 1.36. The van der Waals surface area contributed by atoms with Crippen LogP contribution < -0.4 is 0 Å². The van der Waals surface area contributed by atoms with Gasteiger partial charge in [-0.15, -0.1) is 0 Å². The summed E-state index contributed by atoms with van der Waals surface area (Å²) >= 11 is 6.17. The van der Waals surface area contributed by atoms with Gasteiger partial charge in [-0.05, 0) is 36.5 Å². The van der Waals surface area contributed by atoms with Crippen molar-refractivity contribution in [3.05, 3.63) is 46.1 Å². The van der Waals surface area contributed by atoms with E-state index < -0.39 is 11.8 Å². The fraction of sp³-hybridized carbons (Fsp3) is 0.450. The van der Waals surface area contributed by atoms with Crippen LogP contribution in [-0.4, -0.2) is 24.6 Å². The number of hydrogen-bond donors (Lipinski definition) is 0. The molecule has 3 rings (SSSR count). The number of rotatable bonds is 2. The summed E-state index contributed by atoms with van der Waals surface area (Å²) < 4.78 is 5.01.